The standard InChI is InChI=1S/C25H32N2O2/c1-16-8-7-10-21(26)22(16)24(28)29-19-12-11-17-14-18-9-5-3-4-6-13-25(2,23(18)27)20(17)15-19/h7-8,10-12,15,18,23H,3-6,9,13-14,26-27H2,1-2H3/t18-,23-,25+/m0/s1. The second-order valence-corrected chi connectivity index (χ2v) is 9.11. The maximum atomic E-state index is 12.8. The van der Waals surface area contributed by atoms with Gasteiger partial charge in [-0.15, -0.1) is 0 Å². The number of esters is 1. The Morgan fingerprint density at radius 1 is 1.14 bits per heavy atom. The Hall–Kier alpha value is -2.33. The van der Waals surface area contributed by atoms with Gasteiger partial charge in [-0.2, -0.15) is 0 Å². The molecule has 0 aromatic heterocycles. The van der Waals surface area contributed by atoms with E-state index in [1.165, 1.54) is 43.2 Å². The van der Waals surface area contributed by atoms with Crippen LogP contribution in [0.2, 0.25) is 0 Å². The topological polar surface area (TPSA) is 78.3 Å². The summed E-state index contributed by atoms with van der Waals surface area (Å²) in [7, 11) is 0. The fourth-order valence-electron chi connectivity index (χ4n) is 5.40. The zero-order valence-corrected chi connectivity index (χ0v) is 17.5. The number of aryl methyl sites for hydroxylation is 1. The van der Waals surface area contributed by atoms with E-state index in [0.717, 1.165) is 18.4 Å². The molecule has 2 aromatic rings. The van der Waals surface area contributed by atoms with Crippen LogP contribution in [0.5, 0.6) is 5.75 Å². The van der Waals surface area contributed by atoms with Crippen molar-refractivity contribution in [1.82, 2.24) is 0 Å². The molecule has 0 amide bonds. The van der Waals surface area contributed by atoms with Gasteiger partial charge in [-0.1, -0.05) is 50.8 Å². The number of anilines is 1. The second kappa shape index (κ2) is 7.83. The molecule has 2 aliphatic rings. The summed E-state index contributed by atoms with van der Waals surface area (Å²) >= 11 is 0. The first-order valence-electron chi connectivity index (χ1n) is 10.9. The molecule has 2 aromatic carbocycles. The number of carbonyl (C=O) groups is 1. The highest BCUT2D eigenvalue weighted by Crippen LogP contribution is 2.46. The van der Waals surface area contributed by atoms with E-state index in [9.17, 15) is 4.79 Å². The highest BCUT2D eigenvalue weighted by Gasteiger charge is 2.43. The van der Waals surface area contributed by atoms with Gasteiger partial charge in [0.1, 0.15) is 5.75 Å². The number of carbonyl (C=O) groups excluding carboxylic acids is 1. The summed E-state index contributed by atoms with van der Waals surface area (Å²) in [4.78, 5) is 12.8. The number of nitrogen functional groups attached to an aromatic ring is 1. The van der Waals surface area contributed by atoms with Crippen molar-refractivity contribution < 1.29 is 9.53 Å². The highest BCUT2D eigenvalue weighted by atomic mass is 16.5. The molecule has 0 aliphatic heterocycles. The SMILES string of the molecule is Cc1cccc(N)c1C(=O)Oc1ccc2c(c1)[C@@]1(C)CCCCCC[C@@H](C2)[C@@H]1N. The fourth-order valence-corrected chi connectivity index (χ4v) is 5.40. The van der Waals surface area contributed by atoms with Crippen LogP contribution < -0.4 is 16.2 Å². The molecule has 3 atom stereocenters. The van der Waals surface area contributed by atoms with Crippen LogP contribution in [0.1, 0.15) is 72.5 Å². The van der Waals surface area contributed by atoms with E-state index in [1.54, 1.807) is 6.07 Å². The summed E-state index contributed by atoms with van der Waals surface area (Å²) in [5.74, 6) is 0.701. The number of hydrogen-bond acceptors (Lipinski definition) is 4. The molecule has 2 aliphatic carbocycles. The molecule has 0 heterocycles. The van der Waals surface area contributed by atoms with Crippen molar-refractivity contribution in [3.8, 4) is 5.75 Å². The zero-order valence-electron chi connectivity index (χ0n) is 17.5. The molecule has 4 rings (SSSR count). The Kier molecular flexibility index (Phi) is 5.39. The van der Waals surface area contributed by atoms with Crippen LogP contribution in [0.4, 0.5) is 5.69 Å². The molecule has 154 valence electrons. The van der Waals surface area contributed by atoms with Gasteiger partial charge in [0, 0.05) is 17.1 Å². The lowest BCUT2D eigenvalue weighted by Crippen LogP contribution is -2.52. The predicted molar refractivity (Wildman–Crippen MR) is 117 cm³/mol. The van der Waals surface area contributed by atoms with Gasteiger partial charge in [0.15, 0.2) is 0 Å². The minimum Gasteiger partial charge on any atom is -0.423 e. The molecule has 4 N–H and O–H groups in total. The number of hydrogen-bond donors (Lipinski definition) is 2. The number of nitrogens with two attached hydrogens (primary N) is 2. The summed E-state index contributed by atoms with van der Waals surface area (Å²) < 4.78 is 5.77. The second-order valence-electron chi connectivity index (χ2n) is 9.11. The molecule has 0 radical (unpaired) electrons. The van der Waals surface area contributed by atoms with Gasteiger partial charge in [0.25, 0.3) is 0 Å². The van der Waals surface area contributed by atoms with Gasteiger partial charge in [-0.05, 0) is 67.0 Å². The van der Waals surface area contributed by atoms with Gasteiger partial charge in [-0.3, -0.25) is 0 Å². The molecule has 29 heavy (non-hydrogen) atoms. The molecule has 0 unspecified atom stereocenters. The van der Waals surface area contributed by atoms with Gasteiger partial charge in [0.05, 0.1) is 5.56 Å². The molecule has 0 saturated heterocycles. The first kappa shape index (κ1) is 20.0. The maximum absolute atomic E-state index is 12.8. The Balaban J connectivity index is 1.67. The molecule has 0 spiro atoms. The van der Waals surface area contributed by atoms with Crippen LogP contribution in [0.3, 0.4) is 0 Å². The molecule has 2 bridgehead atoms. The number of ether oxygens (including phenoxy) is 1. The summed E-state index contributed by atoms with van der Waals surface area (Å²) in [5, 5.41) is 0. The average molecular weight is 393 g/mol. The van der Waals surface area contributed by atoms with Crippen LogP contribution in [0, 0.1) is 12.8 Å². The predicted octanol–water partition coefficient (Wildman–Crippen LogP) is 4.91. The average Bonchev–Trinajstić information content (AvgIpc) is 2.72. The number of fused-ring (bicyclic) bond motifs is 4. The largest absolute Gasteiger partial charge is 0.423 e. The third kappa shape index (κ3) is 3.66. The first-order valence-corrected chi connectivity index (χ1v) is 10.9. The molecule has 4 nitrogen and oxygen atoms in total. The van der Waals surface area contributed by atoms with Crippen molar-refractivity contribution in [3.63, 3.8) is 0 Å². The van der Waals surface area contributed by atoms with Crippen LogP contribution in [0.15, 0.2) is 36.4 Å². The first-order chi connectivity index (χ1) is 13.9. The lowest BCUT2D eigenvalue weighted by atomic mass is 9.61. The molecular formula is C25H32N2O2. The summed E-state index contributed by atoms with van der Waals surface area (Å²) in [6.45, 7) is 4.18. The van der Waals surface area contributed by atoms with Crippen molar-refractivity contribution in [3.05, 3.63) is 58.7 Å². The third-order valence-electron chi connectivity index (χ3n) is 7.16. The maximum Gasteiger partial charge on any atom is 0.345 e. The lowest BCUT2D eigenvalue weighted by molar-refractivity contribution is 0.0734. The Morgan fingerprint density at radius 2 is 1.93 bits per heavy atom. The van der Waals surface area contributed by atoms with E-state index in [0.29, 0.717) is 22.9 Å². The Morgan fingerprint density at radius 3 is 2.72 bits per heavy atom. The van der Waals surface area contributed by atoms with Crippen molar-refractivity contribution >= 4 is 11.7 Å². The third-order valence-corrected chi connectivity index (χ3v) is 7.16. The monoisotopic (exact) mass is 392 g/mol. The quantitative estimate of drug-likeness (QED) is 0.432. The number of benzene rings is 2. The Labute approximate surface area is 173 Å². The lowest BCUT2D eigenvalue weighted by Gasteiger charge is -2.46. The van der Waals surface area contributed by atoms with E-state index in [4.69, 9.17) is 16.2 Å². The van der Waals surface area contributed by atoms with E-state index in [2.05, 4.69) is 19.1 Å². The van der Waals surface area contributed by atoms with E-state index in [1.807, 2.05) is 25.1 Å². The van der Waals surface area contributed by atoms with Gasteiger partial charge < -0.3 is 16.2 Å². The smallest absolute Gasteiger partial charge is 0.345 e. The normalized spacial score (nSPS) is 26.6. The van der Waals surface area contributed by atoms with Crippen LogP contribution in [-0.2, 0) is 11.8 Å². The zero-order chi connectivity index (χ0) is 20.6. The molecule has 1 fully saturated rings. The molecular weight excluding hydrogens is 360 g/mol. The minimum absolute atomic E-state index is 0.0767. The van der Waals surface area contributed by atoms with Gasteiger partial charge in [0.2, 0.25) is 0 Å². The van der Waals surface area contributed by atoms with E-state index in [-0.39, 0.29) is 11.5 Å². The summed E-state index contributed by atoms with van der Waals surface area (Å²) in [5.41, 5.74) is 17.1. The minimum atomic E-state index is -0.404. The van der Waals surface area contributed by atoms with Crippen LogP contribution in [0.25, 0.3) is 0 Å². The molecule has 4 heteroatoms. The van der Waals surface area contributed by atoms with Crippen LogP contribution in [-0.4, -0.2) is 12.0 Å². The van der Waals surface area contributed by atoms with Gasteiger partial charge in [-0.25, -0.2) is 4.79 Å². The molecule has 1 saturated carbocycles. The Bertz CT molecular complexity index is 903. The van der Waals surface area contributed by atoms with Crippen molar-refractivity contribution in [1.29, 1.82) is 0 Å². The highest BCUT2D eigenvalue weighted by molar-refractivity contribution is 5.97. The van der Waals surface area contributed by atoms with Crippen molar-refractivity contribution in [2.75, 3.05) is 5.73 Å². The van der Waals surface area contributed by atoms with Gasteiger partial charge >= 0.3 is 5.97 Å². The number of rotatable bonds is 2. The van der Waals surface area contributed by atoms with Crippen LogP contribution >= 0.6 is 0 Å². The van der Waals surface area contributed by atoms with Crippen molar-refractivity contribution in [2.45, 2.75) is 70.3 Å². The van der Waals surface area contributed by atoms with E-state index >= 15 is 0 Å². The fraction of sp³-hybridized carbons (Fsp3) is 0.480. The van der Waals surface area contributed by atoms with E-state index < -0.39 is 5.97 Å². The summed E-state index contributed by atoms with van der Waals surface area (Å²) in [6.07, 6.45) is 8.35. The van der Waals surface area contributed by atoms with Crippen molar-refractivity contribution in [2.24, 2.45) is 11.7 Å². The summed E-state index contributed by atoms with van der Waals surface area (Å²) in [6, 6.07) is 11.7.